The number of amides is 1. The Kier molecular flexibility index (Phi) is 7.25. The molecule has 0 bridgehead atoms. The van der Waals surface area contributed by atoms with E-state index in [0.29, 0.717) is 18.1 Å². The predicted octanol–water partition coefficient (Wildman–Crippen LogP) is 0.794. The maximum Gasteiger partial charge on any atom is 0.248 e. The predicted molar refractivity (Wildman–Crippen MR) is 64.7 cm³/mol. The Hall–Kier alpha value is -0.680. The van der Waals surface area contributed by atoms with E-state index in [9.17, 15) is 4.79 Å². The number of ether oxygens (including phenoxy) is 1. The van der Waals surface area contributed by atoms with Gasteiger partial charge in [-0.3, -0.25) is 4.79 Å². The molecule has 1 amide bonds. The minimum Gasteiger partial charge on any atom is -0.393 e. The molecule has 15 heavy (non-hydrogen) atoms. The second kappa shape index (κ2) is 7.59. The maximum absolute atomic E-state index is 11.5. The molecule has 0 aromatic rings. The van der Waals surface area contributed by atoms with E-state index in [1.807, 2.05) is 13.8 Å². The van der Waals surface area contributed by atoms with Gasteiger partial charge in [-0.2, -0.15) is 0 Å². The Bertz CT molecular complexity index is 221. The van der Waals surface area contributed by atoms with Crippen molar-refractivity contribution < 1.29 is 9.53 Å². The molecule has 1 atom stereocenters. The van der Waals surface area contributed by atoms with Crippen LogP contribution in [0, 0.1) is 5.92 Å². The lowest BCUT2D eigenvalue weighted by molar-refractivity contribution is -0.135. The van der Waals surface area contributed by atoms with Gasteiger partial charge in [0, 0.05) is 26.1 Å². The first-order valence-corrected chi connectivity index (χ1v) is 5.50. The normalized spacial score (nSPS) is 12.2. The van der Waals surface area contributed by atoms with Gasteiger partial charge in [0.2, 0.25) is 5.91 Å². The summed E-state index contributed by atoms with van der Waals surface area (Å²) in [6, 6.07) is 0. The van der Waals surface area contributed by atoms with Crippen LogP contribution in [0.1, 0.15) is 20.3 Å². The molecule has 0 aliphatic carbocycles. The summed E-state index contributed by atoms with van der Waals surface area (Å²) in [6.07, 6.45) is 0.917. The van der Waals surface area contributed by atoms with Crippen LogP contribution in [0.3, 0.4) is 0 Å². The molecule has 0 fully saturated rings. The van der Waals surface area contributed by atoms with Gasteiger partial charge in [-0.15, -0.1) is 0 Å². The van der Waals surface area contributed by atoms with Crippen molar-refractivity contribution in [1.29, 1.82) is 0 Å². The van der Waals surface area contributed by atoms with Gasteiger partial charge < -0.3 is 15.4 Å². The van der Waals surface area contributed by atoms with E-state index in [4.69, 9.17) is 22.7 Å². The zero-order valence-electron chi connectivity index (χ0n) is 9.66. The number of nitrogens with zero attached hydrogens (tertiary/aromatic N) is 1. The SMILES string of the molecule is CCCOCC(=O)N(C)CC(C)C(N)=S. The van der Waals surface area contributed by atoms with Crippen molar-refractivity contribution in [3.63, 3.8) is 0 Å². The number of nitrogens with two attached hydrogens (primary N) is 1. The molecular formula is C10H20N2O2S. The van der Waals surface area contributed by atoms with Gasteiger partial charge in [-0.05, 0) is 6.42 Å². The molecule has 1 unspecified atom stereocenters. The summed E-state index contributed by atoms with van der Waals surface area (Å²) in [4.78, 5) is 13.5. The van der Waals surface area contributed by atoms with Gasteiger partial charge in [-0.1, -0.05) is 26.1 Å². The van der Waals surface area contributed by atoms with Gasteiger partial charge >= 0.3 is 0 Å². The fraction of sp³-hybridized carbons (Fsp3) is 0.800. The first-order chi connectivity index (χ1) is 6.99. The number of rotatable bonds is 7. The van der Waals surface area contributed by atoms with Crippen molar-refractivity contribution in [3.05, 3.63) is 0 Å². The summed E-state index contributed by atoms with van der Waals surface area (Å²) in [5, 5.41) is 0. The molecule has 0 aliphatic heterocycles. The smallest absolute Gasteiger partial charge is 0.248 e. The summed E-state index contributed by atoms with van der Waals surface area (Å²) in [7, 11) is 1.73. The van der Waals surface area contributed by atoms with Crippen molar-refractivity contribution in [2.24, 2.45) is 11.7 Å². The number of carbonyl (C=O) groups is 1. The Morgan fingerprint density at radius 3 is 2.67 bits per heavy atom. The lowest BCUT2D eigenvalue weighted by Crippen LogP contribution is -2.37. The molecule has 0 aliphatic rings. The van der Waals surface area contributed by atoms with Crippen molar-refractivity contribution in [3.8, 4) is 0 Å². The highest BCUT2D eigenvalue weighted by Crippen LogP contribution is 1.99. The number of carbonyl (C=O) groups excluding carboxylic acids is 1. The molecule has 0 saturated heterocycles. The average Bonchev–Trinajstić information content (AvgIpc) is 2.17. The quantitative estimate of drug-likeness (QED) is 0.521. The molecule has 2 N–H and O–H groups in total. The highest BCUT2D eigenvalue weighted by molar-refractivity contribution is 7.80. The minimum atomic E-state index is -0.0356. The zero-order valence-corrected chi connectivity index (χ0v) is 10.5. The topological polar surface area (TPSA) is 55.6 Å². The average molecular weight is 232 g/mol. The van der Waals surface area contributed by atoms with E-state index >= 15 is 0 Å². The fourth-order valence-corrected chi connectivity index (χ4v) is 1.09. The molecule has 88 valence electrons. The summed E-state index contributed by atoms with van der Waals surface area (Å²) >= 11 is 4.84. The van der Waals surface area contributed by atoms with Crippen LogP contribution in [-0.4, -0.2) is 42.6 Å². The molecule has 0 saturated carbocycles. The Morgan fingerprint density at radius 2 is 2.20 bits per heavy atom. The van der Waals surface area contributed by atoms with Crippen LogP contribution in [0.15, 0.2) is 0 Å². The van der Waals surface area contributed by atoms with Crippen LogP contribution in [0.4, 0.5) is 0 Å². The Labute approximate surface area is 96.8 Å². The van der Waals surface area contributed by atoms with Crippen molar-refractivity contribution >= 4 is 23.1 Å². The standard InChI is InChI=1S/C10H20N2O2S/c1-4-5-14-7-9(13)12(3)6-8(2)10(11)15/h8H,4-7H2,1-3H3,(H2,11,15). The molecule has 5 heteroatoms. The first-order valence-electron chi connectivity index (χ1n) is 5.10. The first kappa shape index (κ1) is 14.3. The number of thiocarbonyl (C=S) groups is 1. The molecule has 0 aromatic heterocycles. The molecule has 0 rings (SSSR count). The van der Waals surface area contributed by atoms with Gasteiger partial charge in [0.15, 0.2) is 0 Å². The Morgan fingerprint density at radius 1 is 1.60 bits per heavy atom. The summed E-state index contributed by atoms with van der Waals surface area (Å²) in [5.41, 5.74) is 5.47. The molecule has 4 nitrogen and oxygen atoms in total. The maximum atomic E-state index is 11.5. The van der Waals surface area contributed by atoms with Crippen LogP contribution in [-0.2, 0) is 9.53 Å². The Balaban J connectivity index is 3.83. The molecule has 0 spiro atoms. The van der Waals surface area contributed by atoms with Crippen LogP contribution in [0.25, 0.3) is 0 Å². The van der Waals surface area contributed by atoms with Crippen LogP contribution >= 0.6 is 12.2 Å². The summed E-state index contributed by atoms with van der Waals surface area (Å²) in [6.45, 7) is 5.20. The summed E-state index contributed by atoms with van der Waals surface area (Å²) in [5.74, 6) is 0.00618. The second-order valence-corrected chi connectivity index (χ2v) is 4.10. The third-order valence-electron chi connectivity index (χ3n) is 2.03. The molecular weight excluding hydrogens is 212 g/mol. The largest absolute Gasteiger partial charge is 0.393 e. The number of likely N-dealkylation sites (N-methyl/N-ethyl adjacent to an activating group) is 1. The van der Waals surface area contributed by atoms with E-state index in [-0.39, 0.29) is 18.4 Å². The van der Waals surface area contributed by atoms with E-state index < -0.39 is 0 Å². The van der Waals surface area contributed by atoms with Crippen LogP contribution in [0.2, 0.25) is 0 Å². The molecule has 0 radical (unpaired) electrons. The highest BCUT2D eigenvalue weighted by Gasteiger charge is 2.13. The van der Waals surface area contributed by atoms with E-state index in [0.717, 1.165) is 6.42 Å². The number of hydrogen-bond donors (Lipinski definition) is 1. The monoisotopic (exact) mass is 232 g/mol. The molecule has 0 aromatic carbocycles. The minimum absolute atomic E-state index is 0.0356. The zero-order chi connectivity index (χ0) is 11.8. The number of hydrogen-bond acceptors (Lipinski definition) is 3. The van der Waals surface area contributed by atoms with E-state index in [1.54, 1.807) is 11.9 Å². The highest BCUT2D eigenvalue weighted by atomic mass is 32.1. The third kappa shape index (κ3) is 6.41. The van der Waals surface area contributed by atoms with Crippen molar-refractivity contribution in [2.75, 3.05) is 26.8 Å². The fourth-order valence-electron chi connectivity index (χ4n) is 1.02. The van der Waals surface area contributed by atoms with Gasteiger partial charge in [0.25, 0.3) is 0 Å². The van der Waals surface area contributed by atoms with Gasteiger partial charge in [0.05, 0.1) is 4.99 Å². The third-order valence-corrected chi connectivity index (χ3v) is 2.44. The van der Waals surface area contributed by atoms with Gasteiger partial charge in [-0.25, -0.2) is 0 Å². The second-order valence-electron chi connectivity index (χ2n) is 3.63. The van der Waals surface area contributed by atoms with E-state index in [2.05, 4.69) is 0 Å². The van der Waals surface area contributed by atoms with Crippen molar-refractivity contribution in [1.82, 2.24) is 4.90 Å². The van der Waals surface area contributed by atoms with Gasteiger partial charge in [0.1, 0.15) is 6.61 Å². The molecule has 0 heterocycles. The summed E-state index contributed by atoms with van der Waals surface area (Å²) < 4.78 is 5.15. The lowest BCUT2D eigenvalue weighted by atomic mass is 10.2. The lowest BCUT2D eigenvalue weighted by Gasteiger charge is -2.20. The van der Waals surface area contributed by atoms with E-state index in [1.165, 1.54) is 0 Å². The van der Waals surface area contributed by atoms with Crippen molar-refractivity contribution in [2.45, 2.75) is 20.3 Å². The van der Waals surface area contributed by atoms with Crippen LogP contribution in [0.5, 0.6) is 0 Å². The van der Waals surface area contributed by atoms with Crippen LogP contribution < -0.4 is 5.73 Å².